The van der Waals surface area contributed by atoms with Gasteiger partial charge in [-0.1, -0.05) is 13.8 Å². The monoisotopic (exact) mass is 327 g/mol. The van der Waals surface area contributed by atoms with E-state index in [1.165, 1.54) is 6.42 Å². The summed E-state index contributed by atoms with van der Waals surface area (Å²) in [6.07, 6.45) is 4.42. The Balaban J connectivity index is 0. The first-order chi connectivity index (χ1) is 8.77. The lowest BCUT2D eigenvalue weighted by molar-refractivity contribution is -0.125. The third kappa shape index (κ3) is 9.01. The van der Waals surface area contributed by atoms with E-state index in [9.17, 15) is 4.79 Å². The molecule has 4 nitrogen and oxygen atoms in total. The van der Waals surface area contributed by atoms with Crippen molar-refractivity contribution in [2.24, 2.45) is 5.92 Å². The number of nitrogens with zero attached hydrogens (tertiary/aromatic N) is 1. The van der Waals surface area contributed by atoms with E-state index in [0.29, 0.717) is 0 Å². The second kappa shape index (κ2) is 13.9. The smallest absolute Gasteiger partial charge is 0.224 e. The Morgan fingerprint density at radius 3 is 2.50 bits per heavy atom. The molecular weight excluding hydrogens is 297 g/mol. The molecule has 0 saturated carbocycles. The average molecular weight is 328 g/mol. The lowest BCUT2D eigenvalue weighted by atomic mass is 9.99. The second-order valence-corrected chi connectivity index (χ2v) is 5.07. The molecule has 0 spiro atoms. The average Bonchev–Trinajstić information content (AvgIpc) is 2.43. The Kier molecular flexibility index (Phi) is 15.5. The number of halogens is 2. The van der Waals surface area contributed by atoms with Crippen LogP contribution in [0.1, 0.15) is 39.5 Å². The van der Waals surface area contributed by atoms with Gasteiger partial charge in [0, 0.05) is 13.1 Å². The summed E-state index contributed by atoms with van der Waals surface area (Å²) in [7, 11) is 0. The van der Waals surface area contributed by atoms with Gasteiger partial charge in [0.05, 0.1) is 5.92 Å². The number of amides is 1. The first kappa shape index (κ1) is 22.3. The van der Waals surface area contributed by atoms with Crippen LogP contribution in [0.5, 0.6) is 0 Å². The van der Waals surface area contributed by atoms with Crippen LogP contribution in [-0.4, -0.2) is 50.1 Å². The van der Waals surface area contributed by atoms with Crippen LogP contribution in [0.3, 0.4) is 0 Å². The SMILES string of the molecule is CCN(CC)CCCCNC(=O)C1CCCNC1.Cl.Cl. The van der Waals surface area contributed by atoms with E-state index in [1.54, 1.807) is 0 Å². The highest BCUT2D eigenvalue weighted by molar-refractivity contribution is 5.85. The third-order valence-electron chi connectivity index (χ3n) is 3.76. The van der Waals surface area contributed by atoms with Crippen LogP contribution >= 0.6 is 24.8 Å². The summed E-state index contributed by atoms with van der Waals surface area (Å²) in [5.74, 6) is 0.437. The van der Waals surface area contributed by atoms with Gasteiger partial charge in [-0.2, -0.15) is 0 Å². The van der Waals surface area contributed by atoms with E-state index in [-0.39, 0.29) is 36.6 Å². The normalized spacial score (nSPS) is 18.1. The summed E-state index contributed by atoms with van der Waals surface area (Å²) in [4.78, 5) is 14.3. The molecule has 1 saturated heterocycles. The highest BCUT2D eigenvalue weighted by Gasteiger charge is 2.19. The molecular formula is C14H31Cl2N3O. The van der Waals surface area contributed by atoms with E-state index in [0.717, 1.165) is 58.5 Å². The highest BCUT2D eigenvalue weighted by Crippen LogP contribution is 2.09. The molecule has 0 aliphatic carbocycles. The van der Waals surface area contributed by atoms with Crippen molar-refractivity contribution in [1.82, 2.24) is 15.5 Å². The van der Waals surface area contributed by atoms with Crippen LogP contribution in [0.25, 0.3) is 0 Å². The van der Waals surface area contributed by atoms with Gasteiger partial charge in [-0.3, -0.25) is 4.79 Å². The lowest BCUT2D eigenvalue weighted by Crippen LogP contribution is -2.40. The van der Waals surface area contributed by atoms with Crippen molar-refractivity contribution < 1.29 is 4.79 Å². The molecule has 0 aromatic heterocycles. The number of rotatable bonds is 8. The quantitative estimate of drug-likeness (QED) is 0.671. The van der Waals surface area contributed by atoms with Gasteiger partial charge in [0.1, 0.15) is 0 Å². The Bertz CT molecular complexity index is 232. The van der Waals surface area contributed by atoms with E-state index < -0.39 is 0 Å². The number of piperidine rings is 1. The van der Waals surface area contributed by atoms with E-state index in [2.05, 4.69) is 29.4 Å². The fourth-order valence-corrected chi connectivity index (χ4v) is 2.43. The molecule has 2 N–H and O–H groups in total. The van der Waals surface area contributed by atoms with Crippen LogP contribution in [-0.2, 0) is 4.79 Å². The van der Waals surface area contributed by atoms with Crippen molar-refractivity contribution in [1.29, 1.82) is 0 Å². The lowest BCUT2D eigenvalue weighted by Gasteiger charge is -2.22. The minimum Gasteiger partial charge on any atom is -0.356 e. The molecule has 1 rings (SSSR count). The molecule has 1 unspecified atom stereocenters. The summed E-state index contributed by atoms with van der Waals surface area (Å²) in [5.41, 5.74) is 0. The second-order valence-electron chi connectivity index (χ2n) is 5.07. The van der Waals surface area contributed by atoms with Gasteiger partial charge < -0.3 is 15.5 Å². The molecule has 0 aromatic rings. The molecule has 0 aromatic carbocycles. The zero-order valence-electron chi connectivity index (χ0n) is 12.8. The van der Waals surface area contributed by atoms with Crippen molar-refractivity contribution in [3.63, 3.8) is 0 Å². The molecule has 0 radical (unpaired) electrons. The third-order valence-corrected chi connectivity index (χ3v) is 3.76. The van der Waals surface area contributed by atoms with Crippen molar-refractivity contribution in [3.8, 4) is 0 Å². The summed E-state index contributed by atoms with van der Waals surface area (Å²) in [6, 6.07) is 0. The Labute approximate surface area is 136 Å². The molecule has 1 aliphatic heterocycles. The molecule has 6 heteroatoms. The number of nitrogens with one attached hydrogen (secondary N) is 2. The van der Waals surface area contributed by atoms with Crippen molar-refractivity contribution in [3.05, 3.63) is 0 Å². The summed E-state index contributed by atoms with van der Waals surface area (Å²) < 4.78 is 0. The molecule has 20 heavy (non-hydrogen) atoms. The zero-order chi connectivity index (χ0) is 13.2. The maximum absolute atomic E-state index is 11.8. The Morgan fingerprint density at radius 2 is 1.95 bits per heavy atom. The number of hydrogen-bond acceptors (Lipinski definition) is 3. The first-order valence-electron chi connectivity index (χ1n) is 7.48. The van der Waals surface area contributed by atoms with Gasteiger partial charge in [-0.25, -0.2) is 0 Å². The van der Waals surface area contributed by atoms with E-state index >= 15 is 0 Å². The first-order valence-corrected chi connectivity index (χ1v) is 7.48. The van der Waals surface area contributed by atoms with Crippen molar-refractivity contribution in [2.75, 3.05) is 39.3 Å². The predicted molar refractivity (Wildman–Crippen MR) is 90.1 cm³/mol. The fraction of sp³-hybridized carbons (Fsp3) is 0.929. The van der Waals surface area contributed by atoms with E-state index in [1.807, 2.05) is 0 Å². The number of hydrogen-bond donors (Lipinski definition) is 2. The van der Waals surface area contributed by atoms with Gasteiger partial charge >= 0.3 is 0 Å². The standard InChI is InChI=1S/C14H29N3O.2ClH/c1-3-17(4-2)11-6-5-10-16-14(18)13-8-7-9-15-12-13;;/h13,15H,3-12H2,1-2H3,(H,16,18);2*1H. The molecule has 1 heterocycles. The van der Waals surface area contributed by atoms with Gasteiger partial charge in [-0.15, -0.1) is 24.8 Å². The van der Waals surface area contributed by atoms with Gasteiger partial charge in [0.15, 0.2) is 0 Å². The van der Waals surface area contributed by atoms with Crippen LogP contribution in [0.2, 0.25) is 0 Å². The topological polar surface area (TPSA) is 44.4 Å². The summed E-state index contributed by atoms with van der Waals surface area (Å²) >= 11 is 0. The highest BCUT2D eigenvalue weighted by atomic mass is 35.5. The minimum absolute atomic E-state index is 0. The van der Waals surface area contributed by atoms with E-state index in [4.69, 9.17) is 0 Å². The summed E-state index contributed by atoms with van der Waals surface area (Å²) in [6.45, 7) is 10.5. The number of carbonyl (C=O) groups excluding carboxylic acids is 1. The molecule has 1 atom stereocenters. The Morgan fingerprint density at radius 1 is 1.25 bits per heavy atom. The largest absolute Gasteiger partial charge is 0.356 e. The molecule has 1 aliphatic rings. The van der Waals surface area contributed by atoms with Gasteiger partial charge in [0.2, 0.25) is 5.91 Å². The molecule has 122 valence electrons. The molecule has 0 bridgehead atoms. The van der Waals surface area contributed by atoms with Crippen LogP contribution in [0.15, 0.2) is 0 Å². The number of carbonyl (C=O) groups is 1. The predicted octanol–water partition coefficient (Wildman–Crippen LogP) is 2.07. The van der Waals surface area contributed by atoms with Gasteiger partial charge in [-0.05, 0) is 51.9 Å². The zero-order valence-corrected chi connectivity index (χ0v) is 14.5. The van der Waals surface area contributed by atoms with Crippen molar-refractivity contribution >= 4 is 30.7 Å². The fourth-order valence-electron chi connectivity index (χ4n) is 2.43. The van der Waals surface area contributed by atoms with Crippen LogP contribution in [0, 0.1) is 5.92 Å². The maximum Gasteiger partial charge on any atom is 0.224 e. The molecule has 1 amide bonds. The summed E-state index contributed by atoms with van der Waals surface area (Å²) in [5, 5.41) is 6.34. The van der Waals surface area contributed by atoms with Crippen molar-refractivity contribution in [2.45, 2.75) is 39.5 Å². The minimum atomic E-state index is 0. The van der Waals surface area contributed by atoms with Gasteiger partial charge in [0.25, 0.3) is 0 Å². The van der Waals surface area contributed by atoms with Crippen LogP contribution in [0.4, 0.5) is 0 Å². The Hall–Kier alpha value is -0.0300. The number of unbranched alkanes of at least 4 members (excludes halogenated alkanes) is 1. The maximum atomic E-state index is 11.8. The molecule has 1 fully saturated rings. The van der Waals surface area contributed by atoms with Crippen LogP contribution < -0.4 is 10.6 Å².